The Morgan fingerprint density at radius 3 is 1.17 bits per heavy atom. The second-order valence-electron chi connectivity index (χ2n) is 0.399. The molecule has 6 heteroatoms. The zero-order valence-corrected chi connectivity index (χ0v) is 7.62. The van der Waals surface area contributed by atoms with Crippen molar-refractivity contribution in [3.05, 3.63) is 0 Å². The molecule has 0 rings (SSSR count). The molecule has 0 aliphatic rings. The van der Waals surface area contributed by atoms with Crippen molar-refractivity contribution in [2.75, 3.05) is 0 Å². The van der Waals surface area contributed by atoms with Crippen LogP contribution in [0.4, 0.5) is 0 Å². The molecule has 0 unspecified atom stereocenters. The van der Waals surface area contributed by atoms with Crippen LogP contribution in [-0.4, -0.2) is 0 Å². The summed E-state index contributed by atoms with van der Waals surface area (Å²) >= 11 is 13.8. The fourth-order valence-corrected chi connectivity index (χ4v) is 0. The first-order chi connectivity index (χ1) is 2.00. The molecule has 0 N–H and O–H groups in total. The maximum Gasteiger partial charge on any atom is 0.339 e. The van der Waals surface area contributed by atoms with E-state index in [4.69, 9.17) is 0 Å². The van der Waals surface area contributed by atoms with E-state index in [1.54, 1.807) is 0 Å². The first-order valence-corrected chi connectivity index (χ1v) is 5.11. The van der Waals surface area contributed by atoms with Crippen molar-refractivity contribution in [3.63, 3.8) is 0 Å². The van der Waals surface area contributed by atoms with E-state index in [1.165, 1.54) is 0 Å². The minimum atomic E-state index is -3.22. The Labute approximate surface area is 65.6 Å². The fourth-order valence-electron chi connectivity index (χ4n) is 0. The normalized spacial score (nSPS) is 9.83. The SMILES string of the molecule is O=P(Cl)(Cl)Cl.[Au]. The van der Waals surface area contributed by atoms with Gasteiger partial charge in [-0.1, -0.05) is 0 Å². The number of rotatable bonds is 0. The van der Waals surface area contributed by atoms with Crippen LogP contribution >= 0.6 is 38.9 Å². The summed E-state index contributed by atoms with van der Waals surface area (Å²) in [4.78, 5) is 0. The van der Waals surface area contributed by atoms with Crippen molar-refractivity contribution in [1.29, 1.82) is 0 Å². The molecule has 0 atom stereocenters. The third-order valence-corrected chi connectivity index (χ3v) is 0. The summed E-state index contributed by atoms with van der Waals surface area (Å²) in [6, 6.07) is 0. The average molecular weight is 350 g/mol. The van der Waals surface area contributed by atoms with Gasteiger partial charge >= 0.3 is 5.20 Å². The quantitative estimate of drug-likeness (QED) is 0.485. The van der Waals surface area contributed by atoms with Crippen LogP contribution in [0.5, 0.6) is 0 Å². The molecule has 1 radical (unpaired) electrons. The molecular formula is AuCl3OP. The van der Waals surface area contributed by atoms with Crippen LogP contribution in [0, 0.1) is 0 Å². The van der Waals surface area contributed by atoms with Gasteiger partial charge in [0, 0.05) is 22.4 Å². The molecule has 0 fully saturated rings. The monoisotopic (exact) mass is 349 g/mol. The molecular weight excluding hydrogens is 350 g/mol. The van der Waals surface area contributed by atoms with Gasteiger partial charge in [-0.15, -0.1) is 0 Å². The molecule has 0 amide bonds. The molecule has 0 aliphatic carbocycles. The molecule has 0 saturated heterocycles. The predicted octanol–water partition coefficient (Wildman–Crippen LogP) is 2.81. The van der Waals surface area contributed by atoms with E-state index in [-0.39, 0.29) is 22.4 Å². The van der Waals surface area contributed by atoms with Crippen molar-refractivity contribution < 1.29 is 26.9 Å². The smallest absolute Gasteiger partial charge is 0.271 e. The molecule has 0 aromatic rings. The van der Waals surface area contributed by atoms with Gasteiger partial charge in [0.1, 0.15) is 0 Å². The van der Waals surface area contributed by atoms with E-state index in [9.17, 15) is 4.57 Å². The van der Waals surface area contributed by atoms with Gasteiger partial charge in [0.2, 0.25) is 0 Å². The molecule has 0 bridgehead atoms. The van der Waals surface area contributed by atoms with Gasteiger partial charge in [-0.05, 0) is 33.7 Å². The minimum Gasteiger partial charge on any atom is -0.271 e. The van der Waals surface area contributed by atoms with E-state index >= 15 is 0 Å². The molecule has 0 spiro atoms. The van der Waals surface area contributed by atoms with Gasteiger partial charge in [-0.25, -0.2) is 0 Å². The maximum atomic E-state index is 9.51. The van der Waals surface area contributed by atoms with Crippen LogP contribution in [0.25, 0.3) is 0 Å². The molecule has 0 heterocycles. The van der Waals surface area contributed by atoms with Gasteiger partial charge < -0.3 is 0 Å². The molecule has 6 heavy (non-hydrogen) atoms. The minimum absolute atomic E-state index is 0. The molecule has 0 aliphatic heterocycles. The van der Waals surface area contributed by atoms with E-state index < -0.39 is 5.20 Å². The molecule has 0 aromatic carbocycles. The van der Waals surface area contributed by atoms with Crippen molar-refractivity contribution in [2.24, 2.45) is 0 Å². The molecule has 43 valence electrons. The van der Waals surface area contributed by atoms with E-state index in [1.807, 2.05) is 0 Å². The van der Waals surface area contributed by atoms with E-state index in [0.29, 0.717) is 0 Å². The Morgan fingerprint density at radius 1 is 1.17 bits per heavy atom. The van der Waals surface area contributed by atoms with Crippen LogP contribution in [-0.2, 0) is 26.9 Å². The van der Waals surface area contributed by atoms with Crippen LogP contribution in [0.2, 0.25) is 0 Å². The summed E-state index contributed by atoms with van der Waals surface area (Å²) in [5.41, 5.74) is 0. The molecule has 0 aromatic heterocycles. The number of halogens is 3. The van der Waals surface area contributed by atoms with E-state index in [2.05, 4.69) is 33.7 Å². The molecule has 1 nitrogen and oxygen atoms in total. The van der Waals surface area contributed by atoms with E-state index in [0.717, 1.165) is 0 Å². The average Bonchev–Trinajstić information content (AvgIpc) is 0.722. The zero-order chi connectivity index (χ0) is 4.50. The van der Waals surface area contributed by atoms with Crippen LogP contribution in [0.1, 0.15) is 0 Å². The van der Waals surface area contributed by atoms with Gasteiger partial charge in [0.25, 0.3) is 0 Å². The third kappa shape index (κ3) is 40.4. The van der Waals surface area contributed by atoms with Gasteiger partial charge in [-0.2, -0.15) is 0 Å². The van der Waals surface area contributed by atoms with Crippen molar-refractivity contribution in [2.45, 2.75) is 0 Å². The number of hydrogen-bond acceptors (Lipinski definition) is 1. The molecule has 0 saturated carbocycles. The Morgan fingerprint density at radius 2 is 1.17 bits per heavy atom. The Hall–Kier alpha value is 1.84. The number of hydrogen-bond donors (Lipinski definition) is 0. The summed E-state index contributed by atoms with van der Waals surface area (Å²) in [6.45, 7) is 0. The first-order valence-electron chi connectivity index (χ1n) is 0.690. The van der Waals surface area contributed by atoms with Gasteiger partial charge in [0.05, 0.1) is 0 Å². The summed E-state index contributed by atoms with van der Waals surface area (Å²) in [5.74, 6) is 0. The van der Waals surface area contributed by atoms with Crippen LogP contribution < -0.4 is 0 Å². The standard InChI is InChI=1S/Au.Cl3OP/c;1-5(2,3)4. The van der Waals surface area contributed by atoms with Crippen LogP contribution in [0.3, 0.4) is 0 Å². The van der Waals surface area contributed by atoms with Gasteiger partial charge in [0.15, 0.2) is 0 Å². The largest absolute Gasteiger partial charge is 0.339 e. The summed E-state index contributed by atoms with van der Waals surface area (Å²) < 4.78 is 9.51. The van der Waals surface area contributed by atoms with Crippen molar-refractivity contribution >= 4 is 38.9 Å². The summed E-state index contributed by atoms with van der Waals surface area (Å²) in [7, 11) is 0. The summed E-state index contributed by atoms with van der Waals surface area (Å²) in [5, 5.41) is -3.22. The fraction of sp³-hybridized carbons (Fsp3) is 0. The Bertz CT molecular complexity index is 56.9. The van der Waals surface area contributed by atoms with Crippen LogP contribution in [0.15, 0.2) is 0 Å². The Kier molecular flexibility index (Phi) is 6.80. The maximum absolute atomic E-state index is 9.51. The Balaban J connectivity index is 0. The topological polar surface area (TPSA) is 17.1 Å². The first kappa shape index (κ1) is 10.8. The summed E-state index contributed by atoms with van der Waals surface area (Å²) in [6.07, 6.45) is 0. The second kappa shape index (κ2) is 3.80. The van der Waals surface area contributed by atoms with Crippen molar-refractivity contribution in [3.8, 4) is 0 Å². The second-order valence-corrected chi connectivity index (χ2v) is 7.04. The van der Waals surface area contributed by atoms with Gasteiger partial charge in [-0.3, -0.25) is 4.57 Å². The zero-order valence-electron chi connectivity index (χ0n) is 2.29. The van der Waals surface area contributed by atoms with Crippen molar-refractivity contribution in [1.82, 2.24) is 0 Å². The predicted molar refractivity (Wildman–Crippen MR) is 25.2 cm³/mol. The third-order valence-electron chi connectivity index (χ3n) is 0.